The van der Waals surface area contributed by atoms with Crippen LogP contribution in [0.25, 0.3) is 0 Å². The van der Waals surface area contributed by atoms with Gasteiger partial charge in [0.05, 0.1) is 5.56 Å². The molecule has 1 aromatic rings. The Morgan fingerprint density at radius 1 is 1.16 bits per heavy atom. The lowest BCUT2D eigenvalue weighted by molar-refractivity contribution is -0.204. The highest BCUT2D eigenvalue weighted by molar-refractivity contribution is 6.00. The van der Waals surface area contributed by atoms with Crippen molar-refractivity contribution in [2.75, 3.05) is 0 Å². The fraction of sp³-hybridized carbons (Fsp3) is 0.680. The third-order valence-electron chi connectivity index (χ3n) is 9.12. The number of phenolic OH excluding ortho intramolecular Hbond substituents is 1. The van der Waals surface area contributed by atoms with Crippen molar-refractivity contribution in [3.05, 3.63) is 22.8 Å². The number of nitrogens with one attached hydrogen (secondary N) is 1. The second-order valence-electron chi connectivity index (χ2n) is 11.1. The van der Waals surface area contributed by atoms with Crippen LogP contribution in [0.4, 0.5) is 0 Å². The summed E-state index contributed by atoms with van der Waals surface area (Å²) in [6, 6.07) is 1.60. The fourth-order valence-electron chi connectivity index (χ4n) is 7.60. The zero-order valence-corrected chi connectivity index (χ0v) is 19.1. The topological polar surface area (TPSA) is 84.9 Å². The molecule has 1 aromatic carbocycles. The number of benzene rings is 1. The number of amides is 1. The van der Waals surface area contributed by atoms with E-state index in [0.717, 1.165) is 43.2 Å². The molecule has 0 aromatic heterocycles. The number of carbonyl (C=O) groups excluding carboxylic acids is 2. The first-order valence-corrected chi connectivity index (χ1v) is 11.5. The maximum absolute atomic E-state index is 12.2. The van der Waals surface area contributed by atoms with Crippen LogP contribution in [-0.2, 0) is 22.5 Å². The first kappa shape index (κ1) is 20.7. The minimum absolute atomic E-state index is 0.00433. The van der Waals surface area contributed by atoms with Crippen LogP contribution in [0, 0.1) is 22.7 Å². The summed E-state index contributed by atoms with van der Waals surface area (Å²) in [4.78, 5) is 23.9. The predicted molar refractivity (Wildman–Crippen MR) is 115 cm³/mol. The van der Waals surface area contributed by atoms with Crippen LogP contribution in [0.15, 0.2) is 6.07 Å². The molecule has 31 heavy (non-hydrogen) atoms. The number of esters is 1. The summed E-state index contributed by atoms with van der Waals surface area (Å²) in [5, 5.41) is 13.7. The van der Waals surface area contributed by atoms with Gasteiger partial charge < -0.3 is 19.9 Å². The maximum Gasteiger partial charge on any atom is 0.302 e. The zero-order chi connectivity index (χ0) is 22.3. The number of hydrogen-bond donors (Lipinski definition) is 2. The summed E-state index contributed by atoms with van der Waals surface area (Å²) in [5.74, 6) is 1.14. The van der Waals surface area contributed by atoms with E-state index in [1.54, 1.807) is 6.07 Å². The van der Waals surface area contributed by atoms with Crippen molar-refractivity contribution in [2.45, 2.75) is 85.0 Å². The van der Waals surface area contributed by atoms with Crippen LogP contribution >= 0.6 is 0 Å². The van der Waals surface area contributed by atoms with Crippen LogP contribution in [0.1, 0.15) is 81.8 Å². The van der Waals surface area contributed by atoms with Gasteiger partial charge in [0.2, 0.25) is 0 Å². The molecule has 0 bridgehead atoms. The molecular weight excluding hydrogens is 394 g/mol. The predicted octanol–water partition coefficient (Wildman–Crippen LogP) is 4.11. The molecule has 0 radical (unpaired) electrons. The lowest BCUT2D eigenvalue weighted by Gasteiger charge is -2.64. The van der Waals surface area contributed by atoms with Crippen molar-refractivity contribution in [2.24, 2.45) is 22.7 Å². The van der Waals surface area contributed by atoms with Crippen molar-refractivity contribution < 1.29 is 24.2 Å². The van der Waals surface area contributed by atoms with Crippen LogP contribution in [-0.4, -0.2) is 28.7 Å². The van der Waals surface area contributed by atoms with E-state index in [1.165, 1.54) is 6.92 Å². The maximum atomic E-state index is 12.2. The molecule has 0 unspecified atom stereocenters. The Balaban J connectivity index is 1.55. The van der Waals surface area contributed by atoms with Gasteiger partial charge in [-0.25, -0.2) is 0 Å². The normalized spacial score (nSPS) is 37.5. The van der Waals surface area contributed by atoms with E-state index in [9.17, 15) is 14.7 Å². The second kappa shape index (κ2) is 6.39. The third kappa shape index (κ3) is 2.76. The zero-order valence-electron chi connectivity index (χ0n) is 19.1. The van der Waals surface area contributed by atoms with Gasteiger partial charge in [0.1, 0.15) is 23.2 Å². The van der Waals surface area contributed by atoms with E-state index in [4.69, 9.17) is 9.47 Å². The molecule has 6 heteroatoms. The van der Waals surface area contributed by atoms with E-state index in [-0.39, 0.29) is 46.1 Å². The van der Waals surface area contributed by atoms with Crippen LogP contribution < -0.4 is 10.1 Å². The van der Waals surface area contributed by atoms with Gasteiger partial charge in [0.15, 0.2) is 0 Å². The van der Waals surface area contributed by atoms with Gasteiger partial charge in [-0.05, 0) is 56.4 Å². The van der Waals surface area contributed by atoms with Crippen LogP contribution in [0.2, 0.25) is 0 Å². The van der Waals surface area contributed by atoms with Gasteiger partial charge in [-0.15, -0.1) is 0 Å². The number of rotatable bonds is 1. The highest BCUT2D eigenvalue weighted by Gasteiger charge is 2.63. The SMILES string of the molecule is CC(=O)O[C@H]1CC[C@]2(C)[C@H]3Cc4c(O)cc5c(c4O[C@@]3(C)CC[C@H]2C1(C)C)CNC5=O. The van der Waals surface area contributed by atoms with Crippen molar-refractivity contribution in [3.63, 3.8) is 0 Å². The van der Waals surface area contributed by atoms with Crippen LogP contribution in [0.3, 0.4) is 0 Å². The third-order valence-corrected chi connectivity index (χ3v) is 9.12. The molecule has 5 rings (SSSR count). The molecule has 6 nitrogen and oxygen atoms in total. The van der Waals surface area contributed by atoms with Gasteiger partial charge in [0, 0.05) is 35.9 Å². The van der Waals surface area contributed by atoms with E-state index in [0.29, 0.717) is 23.8 Å². The lowest BCUT2D eigenvalue weighted by Crippen LogP contribution is -2.64. The summed E-state index contributed by atoms with van der Waals surface area (Å²) in [6.45, 7) is 11.0. The fourth-order valence-corrected chi connectivity index (χ4v) is 7.60. The lowest BCUT2D eigenvalue weighted by atomic mass is 9.44. The molecule has 2 heterocycles. The molecule has 2 aliphatic heterocycles. The summed E-state index contributed by atoms with van der Waals surface area (Å²) in [5.41, 5.74) is 1.76. The Morgan fingerprint density at radius 2 is 1.90 bits per heavy atom. The van der Waals surface area contributed by atoms with Gasteiger partial charge in [-0.2, -0.15) is 0 Å². The van der Waals surface area contributed by atoms with E-state index in [2.05, 4.69) is 33.0 Å². The van der Waals surface area contributed by atoms with Gasteiger partial charge in [0.25, 0.3) is 5.91 Å². The summed E-state index contributed by atoms with van der Waals surface area (Å²) in [7, 11) is 0. The molecule has 168 valence electrons. The van der Waals surface area contributed by atoms with Crippen LogP contribution in [0.5, 0.6) is 11.5 Å². The molecule has 2 aliphatic carbocycles. The molecule has 4 aliphatic rings. The van der Waals surface area contributed by atoms with Gasteiger partial charge in [-0.1, -0.05) is 20.8 Å². The molecule has 2 saturated carbocycles. The summed E-state index contributed by atoms with van der Waals surface area (Å²) >= 11 is 0. The summed E-state index contributed by atoms with van der Waals surface area (Å²) in [6.07, 6.45) is 4.37. The Bertz CT molecular complexity index is 985. The molecule has 2 N–H and O–H groups in total. The number of fused-ring (bicyclic) bond motifs is 6. The number of hydrogen-bond acceptors (Lipinski definition) is 5. The second-order valence-corrected chi connectivity index (χ2v) is 11.1. The van der Waals surface area contributed by atoms with E-state index >= 15 is 0 Å². The van der Waals surface area contributed by atoms with Gasteiger partial charge >= 0.3 is 5.97 Å². The van der Waals surface area contributed by atoms with Gasteiger partial charge in [-0.3, -0.25) is 9.59 Å². The van der Waals surface area contributed by atoms with E-state index in [1.807, 2.05) is 0 Å². The molecule has 1 amide bonds. The number of aromatic hydroxyl groups is 1. The smallest absolute Gasteiger partial charge is 0.302 e. The Labute approximate surface area is 183 Å². The minimum Gasteiger partial charge on any atom is -0.508 e. The average molecular weight is 428 g/mol. The molecule has 2 fully saturated rings. The largest absolute Gasteiger partial charge is 0.508 e. The first-order chi connectivity index (χ1) is 14.5. The summed E-state index contributed by atoms with van der Waals surface area (Å²) < 4.78 is 12.5. The molecule has 5 atom stereocenters. The average Bonchev–Trinajstić information content (AvgIpc) is 3.04. The quantitative estimate of drug-likeness (QED) is 0.659. The monoisotopic (exact) mass is 427 g/mol. The number of ether oxygens (including phenoxy) is 2. The van der Waals surface area contributed by atoms with Crippen molar-refractivity contribution in [1.82, 2.24) is 5.32 Å². The highest BCUT2D eigenvalue weighted by Crippen LogP contribution is 2.65. The highest BCUT2D eigenvalue weighted by atomic mass is 16.5. The Hall–Kier alpha value is -2.24. The van der Waals surface area contributed by atoms with Crippen molar-refractivity contribution >= 4 is 11.9 Å². The van der Waals surface area contributed by atoms with E-state index < -0.39 is 0 Å². The molecular formula is C25H33NO5. The Morgan fingerprint density at radius 3 is 2.61 bits per heavy atom. The van der Waals surface area contributed by atoms with Crippen molar-refractivity contribution in [1.29, 1.82) is 0 Å². The Kier molecular flexibility index (Phi) is 4.26. The standard InChI is InChI=1S/C25H33NO5/c1-13(27)30-20-7-8-24(4)18(23(20,2)3)6-9-25(5)19(24)11-15-17(28)10-14-16(21(15)31-25)12-26-22(14)29/h10,18-20,28H,6-9,11-12H2,1-5H3,(H,26,29)/t18-,19+,20-,24-,25-/m0/s1. The molecule has 0 spiro atoms. The van der Waals surface area contributed by atoms with Crippen molar-refractivity contribution in [3.8, 4) is 11.5 Å². The minimum atomic E-state index is -0.351. The number of carbonyl (C=O) groups is 2. The number of phenols is 1. The molecule has 0 saturated heterocycles. The first-order valence-electron chi connectivity index (χ1n) is 11.5.